The second kappa shape index (κ2) is 3.69. The van der Waals surface area contributed by atoms with Gasteiger partial charge in [-0.05, 0) is 31.5 Å². The van der Waals surface area contributed by atoms with Gasteiger partial charge in [-0.1, -0.05) is 18.2 Å². The van der Waals surface area contributed by atoms with Crippen molar-refractivity contribution >= 4 is 17.0 Å². The fraction of sp³-hybridized carbons (Fsp3) is 0.167. The van der Waals surface area contributed by atoms with Crippen LogP contribution in [0, 0.1) is 6.92 Å². The van der Waals surface area contributed by atoms with Gasteiger partial charge in [-0.2, -0.15) is 0 Å². The lowest BCUT2D eigenvalue weighted by molar-refractivity contribution is 1.06. The smallest absolute Gasteiger partial charge is 0.258 e. The zero-order chi connectivity index (χ0) is 10.8. The molecule has 0 aliphatic heterocycles. The van der Waals surface area contributed by atoms with Gasteiger partial charge in [-0.15, -0.1) is 0 Å². The molecule has 1 aromatic heterocycles. The number of hydrogen-bond acceptors (Lipinski definition) is 2. The summed E-state index contributed by atoms with van der Waals surface area (Å²) in [7, 11) is 0. The Labute approximate surface area is 87.5 Å². The Bertz CT molecular complexity index is 582. The predicted molar refractivity (Wildman–Crippen MR) is 61.8 cm³/mol. The first kappa shape index (κ1) is 9.65. The van der Waals surface area contributed by atoms with Crippen LogP contribution in [-0.2, 0) is 0 Å². The lowest BCUT2D eigenvalue weighted by Gasteiger charge is -1.99. The quantitative estimate of drug-likeness (QED) is 0.767. The van der Waals surface area contributed by atoms with Gasteiger partial charge in [0.05, 0.1) is 10.9 Å². The third-order valence-electron chi connectivity index (χ3n) is 2.21. The third kappa shape index (κ3) is 1.81. The number of benzene rings is 1. The van der Waals surface area contributed by atoms with Crippen LogP contribution < -0.4 is 5.56 Å². The first-order valence-corrected chi connectivity index (χ1v) is 4.84. The van der Waals surface area contributed by atoms with Gasteiger partial charge in [0.25, 0.3) is 5.56 Å². The first-order valence-electron chi connectivity index (χ1n) is 4.84. The average Bonchev–Trinajstić information content (AvgIpc) is 2.17. The van der Waals surface area contributed by atoms with Gasteiger partial charge in [0.15, 0.2) is 0 Å². The minimum Gasteiger partial charge on any atom is -0.310 e. The van der Waals surface area contributed by atoms with Crippen molar-refractivity contribution in [1.82, 2.24) is 9.97 Å². The van der Waals surface area contributed by atoms with Crippen LogP contribution in [0.15, 0.2) is 29.1 Å². The molecule has 0 saturated heterocycles. The van der Waals surface area contributed by atoms with E-state index in [0.717, 1.165) is 11.1 Å². The molecule has 3 nitrogen and oxygen atoms in total. The minimum absolute atomic E-state index is 0.0791. The topological polar surface area (TPSA) is 45.8 Å². The Balaban J connectivity index is 2.76. The van der Waals surface area contributed by atoms with Crippen molar-refractivity contribution in [3.05, 3.63) is 46.0 Å². The van der Waals surface area contributed by atoms with Crippen LogP contribution in [0.25, 0.3) is 17.0 Å². The maximum atomic E-state index is 11.6. The number of fused-ring (bicyclic) bond motifs is 1. The van der Waals surface area contributed by atoms with Gasteiger partial charge in [0.2, 0.25) is 0 Å². The second-order valence-electron chi connectivity index (χ2n) is 3.43. The number of aryl methyl sites for hydroxylation is 1. The molecule has 0 amide bonds. The molecule has 1 aromatic carbocycles. The summed E-state index contributed by atoms with van der Waals surface area (Å²) >= 11 is 0. The van der Waals surface area contributed by atoms with E-state index < -0.39 is 0 Å². The molecular formula is C12H12N2O. The van der Waals surface area contributed by atoms with E-state index in [2.05, 4.69) is 9.97 Å². The number of rotatable bonds is 1. The zero-order valence-electron chi connectivity index (χ0n) is 8.74. The van der Waals surface area contributed by atoms with Crippen molar-refractivity contribution < 1.29 is 0 Å². The van der Waals surface area contributed by atoms with Crippen LogP contribution in [0.1, 0.15) is 18.3 Å². The largest absolute Gasteiger partial charge is 0.310 e. The molecule has 2 rings (SSSR count). The maximum absolute atomic E-state index is 11.6. The lowest BCUT2D eigenvalue weighted by atomic mass is 10.1. The van der Waals surface area contributed by atoms with E-state index in [1.807, 2.05) is 31.2 Å². The minimum atomic E-state index is -0.0791. The van der Waals surface area contributed by atoms with E-state index in [1.165, 1.54) is 0 Å². The number of nitrogens with one attached hydrogen (secondary N) is 1. The van der Waals surface area contributed by atoms with E-state index in [4.69, 9.17) is 0 Å². The molecule has 0 radical (unpaired) electrons. The molecule has 15 heavy (non-hydrogen) atoms. The Hall–Kier alpha value is -1.90. The molecule has 1 heterocycles. The highest BCUT2D eigenvalue weighted by Gasteiger charge is 2.00. The van der Waals surface area contributed by atoms with Gasteiger partial charge in [0, 0.05) is 0 Å². The normalized spacial score (nSPS) is 11.3. The molecule has 0 atom stereocenters. The van der Waals surface area contributed by atoms with E-state index in [1.54, 1.807) is 13.0 Å². The number of H-pyrrole nitrogens is 1. The van der Waals surface area contributed by atoms with Gasteiger partial charge >= 0.3 is 0 Å². The predicted octanol–water partition coefficient (Wildman–Crippen LogP) is 2.26. The number of aromatic amines is 1. The van der Waals surface area contributed by atoms with Crippen molar-refractivity contribution in [2.24, 2.45) is 0 Å². The van der Waals surface area contributed by atoms with Crippen molar-refractivity contribution in [3.8, 4) is 0 Å². The highest BCUT2D eigenvalue weighted by molar-refractivity contribution is 5.80. The molecule has 0 bridgehead atoms. The van der Waals surface area contributed by atoms with Gasteiger partial charge < -0.3 is 4.98 Å². The molecule has 0 aliphatic rings. The standard InChI is InChI=1S/C12H12N2O/c1-3-4-9-5-6-10-11(7-9)13-8(2)14-12(10)15/h3-7H,1-2H3,(H,13,14,15)/b4-3+. The summed E-state index contributed by atoms with van der Waals surface area (Å²) in [5, 5.41) is 0.633. The average molecular weight is 200 g/mol. The molecule has 0 saturated carbocycles. The Morgan fingerprint density at radius 3 is 2.93 bits per heavy atom. The molecule has 0 aliphatic carbocycles. The SMILES string of the molecule is C/C=C/c1ccc2c(=O)[nH]c(C)nc2c1. The highest BCUT2D eigenvalue weighted by atomic mass is 16.1. The fourth-order valence-corrected chi connectivity index (χ4v) is 1.57. The van der Waals surface area contributed by atoms with E-state index in [-0.39, 0.29) is 5.56 Å². The lowest BCUT2D eigenvalue weighted by Crippen LogP contribution is -2.09. The fourth-order valence-electron chi connectivity index (χ4n) is 1.57. The second-order valence-corrected chi connectivity index (χ2v) is 3.43. The number of hydrogen-bond donors (Lipinski definition) is 1. The number of allylic oxidation sites excluding steroid dienone is 1. The zero-order valence-corrected chi connectivity index (χ0v) is 8.74. The molecular weight excluding hydrogens is 188 g/mol. The molecule has 0 fully saturated rings. The summed E-state index contributed by atoms with van der Waals surface area (Å²) in [6, 6.07) is 5.63. The third-order valence-corrected chi connectivity index (χ3v) is 2.21. The van der Waals surface area contributed by atoms with Crippen LogP contribution in [0.4, 0.5) is 0 Å². The van der Waals surface area contributed by atoms with Crippen LogP contribution in [0.3, 0.4) is 0 Å². The Morgan fingerprint density at radius 2 is 2.20 bits per heavy atom. The van der Waals surface area contributed by atoms with E-state index >= 15 is 0 Å². The molecule has 3 heteroatoms. The van der Waals surface area contributed by atoms with Gasteiger partial charge in [0.1, 0.15) is 5.82 Å². The monoisotopic (exact) mass is 200 g/mol. The summed E-state index contributed by atoms with van der Waals surface area (Å²) in [6.45, 7) is 3.74. The van der Waals surface area contributed by atoms with Crippen LogP contribution >= 0.6 is 0 Å². The van der Waals surface area contributed by atoms with Crippen molar-refractivity contribution in [1.29, 1.82) is 0 Å². The van der Waals surface area contributed by atoms with Crippen molar-refractivity contribution in [2.45, 2.75) is 13.8 Å². The number of aromatic nitrogens is 2. The number of nitrogens with zero attached hydrogens (tertiary/aromatic N) is 1. The maximum Gasteiger partial charge on any atom is 0.258 e. The summed E-state index contributed by atoms with van der Waals surface area (Å²) < 4.78 is 0. The highest BCUT2D eigenvalue weighted by Crippen LogP contribution is 2.11. The molecule has 0 spiro atoms. The summed E-state index contributed by atoms with van der Waals surface area (Å²) in [5.41, 5.74) is 1.72. The molecule has 76 valence electrons. The summed E-state index contributed by atoms with van der Waals surface area (Å²) in [5.74, 6) is 0.644. The van der Waals surface area contributed by atoms with E-state index in [9.17, 15) is 4.79 Å². The van der Waals surface area contributed by atoms with Crippen LogP contribution in [0.5, 0.6) is 0 Å². The Kier molecular flexibility index (Phi) is 2.37. The first-order chi connectivity index (χ1) is 7.20. The summed E-state index contributed by atoms with van der Waals surface area (Å²) in [4.78, 5) is 18.5. The molecule has 1 N–H and O–H groups in total. The van der Waals surface area contributed by atoms with Crippen LogP contribution in [-0.4, -0.2) is 9.97 Å². The van der Waals surface area contributed by atoms with Gasteiger partial charge in [-0.3, -0.25) is 4.79 Å². The van der Waals surface area contributed by atoms with Gasteiger partial charge in [-0.25, -0.2) is 4.98 Å². The Morgan fingerprint density at radius 1 is 1.40 bits per heavy atom. The van der Waals surface area contributed by atoms with E-state index in [0.29, 0.717) is 11.2 Å². The molecule has 0 unspecified atom stereocenters. The van der Waals surface area contributed by atoms with Crippen molar-refractivity contribution in [2.75, 3.05) is 0 Å². The summed E-state index contributed by atoms with van der Waals surface area (Å²) in [6.07, 6.45) is 3.94. The van der Waals surface area contributed by atoms with Crippen LogP contribution in [0.2, 0.25) is 0 Å². The molecule has 2 aromatic rings. The van der Waals surface area contributed by atoms with Crippen molar-refractivity contribution in [3.63, 3.8) is 0 Å².